The first kappa shape index (κ1) is 15.0. The quantitative estimate of drug-likeness (QED) is 0.816. The van der Waals surface area contributed by atoms with Crippen LogP contribution in [-0.4, -0.2) is 11.0 Å². The van der Waals surface area contributed by atoms with Crippen LogP contribution in [0.15, 0.2) is 6.20 Å². The maximum atomic E-state index is 4.55. The number of thiazole rings is 1. The Balaban J connectivity index is 1.78. The molecule has 0 spiro atoms. The van der Waals surface area contributed by atoms with Crippen molar-refractivity contribution < 1.29 is 0 Å². The van der Waals surface area contributed by atoms with Crippen molar-refractivity contribution >= 4 is 11.3 Å². The molecule has 0 saturated heterocycles. The molecule has 1 N–H and O–H groups in total. The summed E-state index contributed by atoms with van der Waals surface area (Å²) in [7, 11) is 0. The largest absolute Gasteiger partial charge is 0.305 e. The van der Waals surface area contributed by atoms with Crippen molar-refractivity contribution in [2.24, 2.45) is 5.92 Å². The molecule has 1 heterocycles. The third-order valence-electron chi connectivity index (χ3n) is 4.32. The van der Waals surface area contributed by atoms with Gasteiger partial charge in [-0.2, -0.15) is 0 Å². The van der Waals surface area contributed by atoms with Gasteiger partial charge in [-0.1, -0.05) is 26.7 Å². The normalized spacial score (nSPS) is 25.4. The minimum atomic E-state index is 0.415. The fourth-order valence-corrected chi connectivity index (χ4v) is 4.01. The Labute approximate surface area is 122 Å². The van der Waals surface area contributed by atoms with Crippen LogP contribution >= 0.6 is 11.3 Å². The van der Waals surface area contributed by atoms with Crippen LogP contribution in [-0.2, 0) is 6.42 Å². The Kier molecular flexibility index (Phi) is 5.83. The third kappa shape index (κ3) is 4.28. The van der Waals surface area contributed by atoms with E-state index in [4.69, 9.17) is 0 Å². The predicted octanol–water partition coefficient (Wildman–Crippen LogP) is 4.72. The Hall–Kier alpha value is -0.410. The summed E-state index contributed by atoms with van der Waals surface area (Å²) in [6.07, 6.45) is 11.4. The van der Waals surface area contributed by atoms with E-state index < -0.39 is 0 Å². The SMILES string of the molecule is CCCC1CCC(NC(C)c2ncc(CC)s2)CC1. The van der Waals surface area contributed by atoms with Gasteiger partial charge >= 0.3 is 0 Å². The molecule has 1 fully saturated rings. The summed E-state index contributed by atoms with van der Waals surface area (Å²) in [5.74, 6) is 0.991. The van der Waals surface area contributed by atoms with E-state index in [1.54, 1.807) is 0 Å². The highest BCUT2D eigenvalue weighted by molar-refractivity contribution is 7.11. The van der Waals surface area contributed by atoms with Crippen LogP contribution in [0.5, 0.6) is 0 Å². The molecule has 1 aromatic rings. The number of aromatic nitrogens is 1. The molecule has 19 heavy (non-hydrogen) atoms. The van der Waals surface area contributed by atoms with E-state index >= 15 is 0 Å². The first-order valence-electron chi connectivity index (χ1n) is 7.93. The van der Waals surface area contributed by atoms with Gasteiger partial charge in [-0.15, -0.1) is 11.3 Å². The first-order chi connectivity index (χ1) is 9.22. The minimum absolute atomic E-state index is 0.415. The lowest BCUT2D eigenvalue weighted by Gasteiger charge is -2.30. The fraction of sp³-hybridized carbons (Fsp3) is 0.812. The van der Waals surface area contributed by atoms with Crippen LogP contribution in [0.3, 0.4) is 0 Å². The number of nitrogens with zero attached hydrogens (tertiary/aromatic N) is 1. The van der Waals surface area contributed by atoms with Gasteiger partial charge in [-0.05, 0) is 44.9 Å². The van der Waals surface area contributed by atoms with Gasteiger partial charge in [0.25, 0.3) is 0 Å². The molecule has 108 valence electrons. The number of hydrogen-bond donors (Lipinski definition) is 1. The molecule has 0 amide bonds. The summed E-state index contributed by atoms with van der Waals surface area (Å²) in [5.41, 5.74) is 0. The Morgan fingerprint density at radius 1 is 1.32 bits per heavy atom. The zero-order valence-corrected chi connectivity index (χ0v) is 13.4. The molecule has 1 saturated carbocycles. The zero-order chi connectivity index (χ0) is 13.7. The average Bonchev–Trinajstić information content (AvgIpc) is 2.90. The van der Waals surface area contributed by atoms with Crippen molar-refractivity contribution in [2.45, 2.75) is 77.8 Å². The van der Waals surface area contributed by atoms with Gasteiger partial charge in [0.2, 0.25) is 0 Å². The topological polar surface area (TPSA) is 24.9 Å². The molecule has 1 aliphatic carbocycles. The van der Waals surface area contributed by atoms with Crippen LogP contribution in [0.25, 0.3) is 0 Å². The van der Waals surface area contributed by atoms with E-state index in [1.807, 2.05) is 17.5 Å². The molecule has 1 atom stereocenters. The molecule has 1 unspecified atom stereocenters. The number of aryl methyl sites for hydroxylation is 1. The molecule has 0 bridgehead atoms. The second-order valence-electron chi connectivity index (χ2n) is 5.91. The Bertz CT molecular complexity index is 367. The van der Waals surface area contributed by atoms with Crippen molar-refractivity contribution in [3.63, 3.8) is 0 Å². The van der Waals surface area contributed by atoms with E-state index in [2.05, 4.69) is 31.1 Å². The monoisotopic (exact) mass is 280 g/mol. The second kappa shape index (κ2) is 7.39. The fourth-order valence-electron chi connectivity index (χ4n) is 3.14. The van der Waals surface area contributed by atoms with Gasteiger partial charge in [-0.3, -0.25) is 0 Å². The van der Waals surface area contributed by atoms with Gasteiger partial charge in [0.05, 0.1) is 6.04 Å². The van der Waals surface area contributed by atoms with Gasteiger partial charge in [0, 0.05) is 17.1 Å². The Morgan fingerprint density at radius 2 is 2.05 bits per heavy atom. The Morgan fingerprint density at radius 3 is 2.63 bits per heavy atom. The smallest absolute Gasteiger partial charge is 0.109 e. The van der Waals surface area contributed by atoms with E-state index in [9.17, 15) is 0 Å². The molecule has 2 rings (SSSR count). The highest BCUT2D eigenvalue weighted by Crippen LogP contribution is 2.29. The summed E-state index contributed by atoms with van der Waals surface area (Å²) >= 11 is 1.86. The van der Waals surface area contributed by atoms with Crippen molar-refractivity contribution in [3.8, 4) is 0 Å². The molecular formula is C16H28N2S. The molecule has 0 aromatic carbocycles. The van der Waals surface area contributed by atoms with Gasteiger partial charge < -0.3 is 5.32 Å². The second-order valence-corrected chi connectivity index (χ2v) is 7.06. The van der Waals surface area contributed by atoms with E-state index in [1.165, 1.54) is 48.4 Å². The zero-order valence-electron chi connectivity index (χ0n) is 12.6. The maximum absolute atomic E-state index is 4.55. The molecule has 1 aliphatic rings. The van der Waals surface area contributed by atoms with Gasteiger partial charge in [0.1, 0.15) is 5.01 Å². The molecular weight excluding hydrogens is 252 g/mol. The summed E-state index contributed by atoms with van der Waals surface area (Å²) < 4.78 is 0. The summed E-state index contributed by atoms with van der Waals surface area (Å²) in [4.78, 5) is 5.95. The number of hydrogen-bond acceptors (Lipinski definition) is 3. The highest BCUT2D eigenvalue weighted by atomic mass is 32.1. The molecule has 1 aromatic heterocycles. The van der Waals surface area contributed by atoms with Crippen LogP contribution in [0.1, 0.15) is 75.2 Å². The van der Waals surface area contributed by atoms with Crippen molar-refractivity contribution in [1.82, 2.24) is 10.3 Å². The standard InChI is InChI=1S/C16H28N2S/c1-4-6-13-7-9-14(10-8-13)18-12(3)16-17-11-15(5-2)19-16/h11-14,18H,4-10H2,1-3H3. The van der Waals surface area contributed by atoms with E-state index in [0.29, 0.717) is 12.1 Å². The van der Waals surface area contributed by atoms with E-state index in [-0.39, 0.29) is 0 Å². The van der Waals surface area contributed by atoms with Crippen molar-refractivity contribution in [2.75, 3.05) is 0 Å². The van der Waals surface area contributed by atoms with E-state index in [0.717, 1.165) is 12.3 Å². The lowest BCUT2D eigenvalue weighted by molar-refractivity contribution is 0.266. The van der Waals surface area contributed by atoms with Gasteiger partial charge in [-0.25, -0.2) is 4.98 Å². The minimum Gasteiger partial charge on any atom is -0.305 e. The van der Waals surface area contributed by atoms with Crippen LogP contribution in [0, 0.1) is 5.92 Å². The molecule has 3 heteroatoms. The molecule has 0 radical (unpaired) electrons. The molecule has 0 aliphatic heterocycles. The van der Waals surface area contributed by atoms with Crippen LogP contribution in [0.2, 0.25) is 0 Å². The third-order valence-corrected chi connectivity index (χ3v) is 5.64. The lowest BCUT2D eigenvalue weighted by atomic mass is 9.83. The first-order valence-corrected chi connectivity index (χ1v) is 8.75. The maximum Gasteiger partial charge on any atom is 0.109 e. The summed E-state index contributed by atoms with van der Waals surface area (Å²) in [6, 6.07) is 1.12. The van der Waals surface area contributed by atoms with Crippen molar-refractivity contribution in [1.29, 1.82) is 0 Å². The molecule has 2 nitrogen and oxygen atoms in total. The predicted molar refractivity (Wildman–Crippen MR) is 83.7 cm³/mol. The summed E-state index contributed by atoms with van der Waals surface area (Å²) in [5, 5.41) is 5.04. The highest BCUT2D eigenvalue weighted by Gasteiger charge is 2.22. The van der Waals surface area contributed by atoms with Gasteiger partial charge in [0.15, 0.2) is 0 Å². The average molecular weight is 280 g/mol. The number of rotatable bonds is 6. The van der Waals surface area contributed by atoms with Crippen LogP contribution < -0.4 is 5.32 Å². The van der Waals surface area contributed by atoms with Crippen LogP contribution in [0.4, 0.5) is 0 Å². The lowest BCUT2D eigenvalue weighted by Crippen LogP contribution is -2.34. The summed E-state index contributed by atoms with van der Waals surface area (Å²) in [6.45, 7) is 6.76. The number of nitrogens with one attached hydrogen (secondary N) is 1. The van der Waals surface area contributed by atoms with Crippen molar-refractivity contribution in [3.05, 3.63) is 16.1 Å².